The van der Waals surface area contributed by atoms with Gasteiger partial charge >= 0.3 is 5.82 Å². The number of nitro groups is 1. The molecule has 1 rings (SSSR count). The molecule has 5 nitrogen and oxygen atoms in total. The Balaban J connectivity index is 3.12. The van der Waals surface area contributed by atoms with E-state index in [0.29, 0.717) is 12.1 Å². The average Bonchev–Trinajstić information content (AvgIpc) is 2.04. The number of rotatable bonds is 2. The van der Waals surface area contributed by atoms with Gasteiger partial charge in [0.1, 0.15) is 5.69 Å². The summed E-state index contributed by atoms with van der Waals surface area (Å²) in [6, 6.07) is 0. The summed E-state index contributed by atoms with van der Waals surface area (Å²) >= 11 is 0. The Morgan fingerprint density at radius 3 is 2.64 bits per heavy atom. The minimum absolute atomic E-state index is 0.144. The maximum Gasteiger partial charge on any atom is 0.385 e. The highest BCUT2D eigenvalue weighted by Crippen LogP contribution is 2.10. The molecule has 0 bridgehead atoms. The van der Waals surface area contributed by atoms with Crippen molar-refractivity contribution in [3.8, 4) is 0 Å². The van der Waals surface area contributed by atoms with Crippen LogP contribution in [-0.2, 0) is 6.42 Å². The van der Waals surface area contributed by atoms with Gasteiger partial charge in [-0.2, -0.15) is 0 Å². The van der Waals surface area contributed by atoms with Crippen molar-refractivity contribution in [1.82, 2.24) is 9.97 Å². The molecule has 0 aliphatic rings. The fourth-order valence-electron chi connectivity index (χ4n) is 0.761. The zero-order chi connectivity index (χ0) is 8.27. The maximum absolute atomic E-state index is 10.3. The highest BCUT2D eigenvalue weighted by Gasteiger charge is 2.12. The van der Waals surface area contributed by atoms with Gasteiger partial charge in [0.2, 0.25) is 0 Å². The lowest BCUT2D eigenvalue weighted by Gasteiger charge is -1.95. The molecule has 0 amide bonds. The van der Waals surface area contributed by atoms with E-state index in [-0.39, 0.29) is 5.82 Å². The second kappa shape index (κ2) is 3.05. The van der Waals surface area contributed by atoms with Crippen LogP contribution in [-0.4, -0.2) is 14.9 Å². The molecule has 0 fully saturated rings. The Morgan fingerprint density at radius 2 is 2.18 bits per heavy atom. The zero-order valence-electron chi connectivity index (χ0n) is 6.02. The van der Waals surface area contributed by atoms with Gasteiger partial charge in [0.05, 0.1) is 6.20 Å². The van der Waals surface area contributed by atoms with Crippen LogP contribution in [0.2, 0.25) is 0 Å². The second-order valence-corrected chi connectivity index (χ2v) is 1.94. The maximum atomic E-state index is 10.3. The van der Waals surface area contributed by atoms with Gasteiger partial charge in [-0.1, -0.05) is 6.92 Å². The summed E-state index contributed by atoms with van der Waals surface area (Å²) in [5, 5.41) is 10.3. The topological polar surface area (TPSA) is 68.9 Å². The predicted molar refractivity (Wildman–Crippen MR) is 38.1 cm³/mol. The van der Waals surface area contributed by atoms with E-state index < -0.39 is 4.92 Å². The van der Waals surface area contributed by atoms with Crippen molar-refractivity contribution in [2.24, 2.45) is 0 Å². The van der Waals surface area contributed by atoms with Crippen molar-refractivity contribution in [3.05, 3.63) is 28.2 Å². The first kappa shape index (κ1) is 7.59. The van der Waals surface area contributed by atoms with Gasteiger partial charge in [-0.3, -0.25) is 0 Å². The van der Waals surface area contributed by atoms with Crippen LogP contribution < -0.4 is 0 Å². The molecule has 1 aromatic rings. The minimum Gasteiger partial charge on any atom is -0.358 e. The largest absolute Gasteiger partial charge is 0.385 e. The summed E-state index contributed by atoms with van der Waals surface area (Å²) in [4.78, 5) is 17.2. The summed E-state index contributed by atoms with van der Waals surface area (Å²) in [5.41, 5.74) is 0.428. The van der Waals surface area contributed by atoms with Crippen molar-refractivity contribution >= 4 is 5.82 Å². The van der Waals surface area contributed by atoms with Gasteiger partial charge in [0.25, 0.3) is 0 Å². The van der Waals surface area contributed by atoms with Gasteiger partial charge < -0.3 is 10.1 Å². The number of hydrogen-bond acceptors (Lipinski definition) is 4. The Kier molecular flexibility index (Phi) is 2.10. The first-order valence-electron chi connectivity index (χ1n) is 3.20. The van der Waals surface area contributed by atoms with Gasteiger partial charge in [0.15, 0.2) is 6.20 Å². The first-order chi connectivity index (χ1) is 5.25. The molecule has 0 aromatic carbocycles. The third kappa shape index (κ3) is 1.49. The van der Waals surface area contributed by atoms with Crippen molar-refractivity contribution < 1.29 is 4.92 Å². The van der Waals surface area contributed by atoms with Gasteiger partial charge in [-0.05, 0) is 16.3 Å². The van der Waals surface area contributed by atoms with Crippen LogP contribution in [0.5, 0.6) is 0 Å². The zero-order valence-corrected chi connectivity index (χ0v) is 6.02. The fraction of sp³-hybridized carbons (Fsp3) is 0.333. The van der Waals surface area contributed by atoms with E-state index in [1.807, 2.05) is 0 Å². The molecule has 0 radical (unpaired) electrons. The molecule has 5 heteroatoms. The Hall–Kier alpha value is -1.52. The lowest BCUT2D eigenvalue weighted by molar-refractivity contribution is -0.390. The summed E-state index contributed by atoms with van der Waals surface area (Å²) in [5.74, 6) is -0.144. The summed E-state index contributed by atoms with van der Waals surface area (Å²) < 4.78 is 0. The van der Waals surface area contributed by atoms with Gasteiger partial charge in [-0.15, -0.1) is 0 Å². The molecule has 0 N–H and O–H groups in total. The Morgan fingerprint density at radius 1 is 1.55 bits per heavy atom. The molecule has 0 saturated carbocycles. The lowest BCUT2D eigenvalue weighted by atomic mass is 10.3. The number of aromatic nitrogens is 2. The highest BCUT2D eigenvalue weighted by atomic mass is 16.6. The van der Waals surface area contributed by atoms with Crippen molar-refractivity contribution in [2.45, 2.75) is 13.3 Å². The first-order valence-corrected chi connectivity index (χ1v) is 3.20. The second-order valence-electron chi connectivity index (χ2n) is 1.94. The monoisotopic (exact) mass is 153 g/mol. The molecular weight excluding hydrogens is 146 g/mol. The third-order valence-electron chi connectivity index (χ3n) is 1.26. The molecule has 0 saturated heterocycles. The van der Waals surface area contributed by atoms with Gasteiger partial charge in [-0.25, -0.2) is 4.98 Å². The smallest absolute Gasteiger partial charge is 0.358 e. The van der Waals surface area contributed by atoms with Crippen molar-refractivity contribution in [1.29, 1.82) is 0 Å². The minimum atomic E-state index is -0.522. The van der Waals surface area contributed by atoms with E-state index in [4.69, 9.17) is 0 Å². The summed E-state index contributed by atoms with van der Waals surface area (Å²) in [6.07, 6.45) is 3.30. The van der Waals surface area contributed by atoms with E-state index >= 15 is 0 Å². The summed E-state index contributed by atoms with van der Waals surface area (Å²) in [7, 11) is 0. The van der Waals surface area contributed by atoms with Gasteiger partial charge in [0, 0.05) is 0 Å². The fourth-order valence-corrected chi connectivity index (χ4v) is 0.761. The lowest BCUT2D eigenvalue weighted by Crippen LogP contribution is -1.99. The number of aryl methyl sites for hydroxylation is 1. The average molecular weight is 153 g/mol. The summed E-state index contributed by atoms with van der Waals surface area (Å²) in [6.45, 7) is 1.80. The highest BCUT2D eigenvalue weighted by molar-refractivity contribution is 5.24. The normalized spacial score (nSPS) is 9.55. The van der Waals surface area contributed by atoms with E-state index in [9.17, 15) is 10.1 Å². The van der Waals surface area contributed by atoms with E-state index in [2.05, 4.69) is 9.97 Å². The molecular formula is C6H7N3O2. The van der Waals surface area contributed by atoms with Crippen LogP contribution >= 0.6 is 0 Å². The SMILES string of the molecule is CCc1nccnc1[N+](=O)[O-]. The third-order valence-corrected chi connectivity index (χ3v) is 1.26. The van der Waals surface area contributed by atoms with Crippen LogP contribution in [0.4, 0.5) is 5.82 Å². The van der Waals surface area contributed by atoms with Crippen LogP contribution in [0.15, 0.2) is 12.4 Å². The van der Waals surface area contributed by atoms with Crippen LogP contribution in [0.25, 0.3) is 0 Å². The quantitative estimate of drug-likeness (QED) is 0.468. The molecule has 0 spiro atoms. The Labute approximate surface area is 63.3 Å². The number of hydrogen-bond donors (Lipinski definition) is 0. The van der Waals surface area contributed by atoms with Crippen LogP contribution in [0, 0.1) is 10.1 Å². The predicted octanol–water partition coefficient (Wildman–Crippen LogP) is 0.947. The van der Waals surface area contributed by atoms with E-state index in [1.54, 1.807) is 6.92 Å². The number of nitrogens with zero attached hydrogens (tertiary/aromatic N) is 3. The molecule has 11 heavy (non-hydrogen) atoms. The molecule has 0 aliphatic heterocycles. The van der Waals surface area contributed by atoms with E-state index in [1.165, 1.54) is 12.4 Å². The molecule has 0 aliphatic carbocycles. The van der Waals surface area contributed by atoms with Crippen LogP contribution in [0.1, 0.15) is 12.6 Å². The van der Waals surface area contributed by atoms with Crippen molar-refractivity contribution in [2.75, 3.05) is 0 Å². The molecule has 0 unspecified atom stereocenters. The molecule has 58 valence electrons. The van der Waals surface area contributed by atoms with Crippen LogP contribution in [0.3, 0.4) is 0 Å². The Bertz CT molecular complexity index is 274. The molecule has 1 heterocycles. The molecule has 1 aromatic heterocycles. The van der Waals surface area contributed by atoms with Crippen molar-refractivity contribution in [3.63, 3.8) is 0 Å². The standard InChI is InChI=1S/C6H7N3O2/c1-2-5-6(9(10)11)8-4-3-7-5/h3-4H,2H2,1H3. The van der Waals surface area contributed by atoms with E-state index in [0.717, 1.165) is 0 Å². The molecule has 0 atom stereocenters.